The molecule has 1 aromatic heterocycles. The van der Waals surface area contributed by atoms with Crippen molar-refractivity contribution < 1.29 is 19.1 Å². The minimum Gasteiger partial charge on any atom is -0.493 e. The van der Waals surface area contributed by atoms with Gasteiger partial charge in [0.2, 0.25) is 11.8 Å². The van der Waals surface area contributed by atoms with Crippen molar-refractivity contribution in [3.8, 4) is 11.5 Å². The Morgan fingerprint density at radius 1 is 1.06 bits per heavy atom. The largest absolute Gasteiger partial charge is 0.493 e. The highest BCUT2D eigenvalue weighted by Crippen LogP contribution is 2.36. The monoisotopic (exact) mass is 473 g/mol. The van der Waals surface area contributed by atoms with Crippen LogP contribution in [0.5, 0.6) is 11.5 Å². The highest BCUT2D eigenvalue weighted by Gasteiger charge is 2.24. The molecule has 35 heavy (non-hydrogen) atoms. The first-order valence-electron chi connectivity index (χ1n) is 11.2. The number of nitrogens with one attached hydrogen (secondary N) is 2. The van der Waals surface area contributed by atoms with Crippen molar-refractivity contribution in [2.75, 3.05) is 30.8 Å². The molecule has 0 unspecified atom stereocenters. The van der Waals surface area contributed by atoms with Crippen LogP contribution in [0.15, 0.2) is 68.0 Å². The summed E-state index contributed by atoms with van der Waals surface area (Å²) >= 11 is 0. The van der Waals surface area contributed by atoms with Crippen LogP contribution in [-0.2, 0) is 9.59 Å². The second-order valence-electron chi connectivity index (χ2n) is 7.99. The normalized spacial score (nSPS) is 13.7. The van der Waals surface area contributed by atoms with Crippen molar-refractivity contribution in [1.82, 2.24) is 14.9 Å². The number of amides is 2. The number of carbonyl (C=O) groups excluding carboxylic acids is 2. The number of hydrogen-bond acceptors (Lipinski definition) is 7. The van der Waals surface area contributed by atoms with Gasteiger partial charge in [0.25, 0.3) is 0 Å². The minimum absolute atomic E-state index is 0.0543. The predicted molar refractivity (Wildman–Crippen MR) is 135 cm³/mol. The molecule has 0 bridgehead atoms. The van der Waals surface area contributed by atoms with Gasteiger partial charge in [-0.3, -0.25) is 9.59 Å². The molecule has 180 valence electrons. The zero-order chi connectivity index (χ0) is 24.8. The summed E-state index contributed by atoms with van der Waals surface area (Å²) in [6, 6.07) is 11.0. The van der Waals surface area contributed by atoms with Crippen LogP contribution >= 0.6 is 0 Å². The third-order valence-electron chi connectivity index (χ3n) is 5.72. The van der Waals surface area contributed by atoms with Crippen LogP contribution in [0.4, 0.5) is 17.2 Å². The summed E-state index contributed by atoms with van der Waals surface area (Å²) in [5.41, 5.74) is 2.06. The zero-order valence-electron chi connectivity index (χ0n) is 19.5. The predicted octanol–water partition coefficient (Wildman–Crippen LogP) is 4.06. The van der Waals surface area contributed by atoms with Crippen molar-refractivity contribution >= 4 is 39.9 Å². The fourth-order valence-electron chi connectivity index (χ4n) is 3.92. The van der Waals surface area contributed by atoms with Crippen LogP contribution in [0, 0.1) is 0 Å². The van der Waals surface area contributed by atoms with E-state index in [-0.39, 0.29) is 17.9 Å². The number of hydrogen-bond donors (Lipinski definition) is 2. The molecular weight excluding hydrogens is 446 g/mol. The van der Waals surface area contributed by atoms with Gasteiger partial charge >= 0.3 is 0 Å². The van der Waals surface area contributed by atoms with Crippen molar-refractivity contribution in [3.63, 3.8) is 0 Å². The summed E-state index contributed by atoms with van der Waals surface area (Å²) in [4.78, 5) is 34.1. The van der Waals surface area contributed by atoms with E-state index in [4.69, 9.17) is 9.47 Å². The number of ether oxygens (including phenoxy) is 2. The van der Waals surface area contributed by atoms with E-state index in [0.717, 1.165) is 11.1 Å². The van der Waals surface area contributed by atoms with Gasteiger partial charge in [0, 0.05) is 48.8 Å². The number of benzene rings is 2. The van der Waals surface area contributed by atoms with Crippen LogP contribution in [0.2, 0.25) is 0 Å². The number of nitrogens with zero attached hydrogens (tertiary/aromatic N) is 3. The molecule has 0 radical (unpaired) electrons. The Kier molecular flexibility index (Phi) is 7.25. The smallest absolute Gasteiger partial charge is 0.247 e. The maximum atomic E-state index is 11.9. The third-order valence-corrected chi connectivity index (χ3v) is 5.72. The second-order valence-corrected chi connectivity index (χ2v) is 7.99. The summed E-state index contributed by atoms with van der Waals surface area (Å²) in [5, 5.41) is 6.79. The molecule has 2 amide bonds. The van der Waals surface area contributed by atoms with E-state index < -0.39 is 0 Å². The Bertz CT molecular complexity index is 1270. The molecule has 1 saturated heterocycles. The standard InChI is InChI=1S/C26H27N5O4/c1-4-24(32)29-17-7-6-8-18(13-17)30-26-20-14-23(22(34-3)15-21(20)27-16-28-26)35-19-9-11-31(12-10-19)25(33)5-2/h4-8,13-16,19H,1-2,9-12H2,3H3,(H,29,32)(H,27,28,30). The Labute approximate surface area is 203 Å². The summed E-state index contributed by atoms with van der Waals surface area (Å²) in [7, 11) is 1.59. The van der Waals surface area contributed by atoms with Gasteiger partial charge in [-0.15, -0.1) is 0 Å². The average Bonchev–Trinajstić information content (AvgIpc) is 2.88. The van der Waals surface area contributed by atoms with Crippen molar-refractivity contribution in [3.05, 3.63) is 68.0 Å². The first-order valence-corrected chi connectivity index (χ1v) is 11.2. The second kappa shape index (κ2) is 10.7. The molecule has 1 fully saturated rings. The molecule has 2 aromatic carbocycles. The van der Waals surface area contributed by atoms with Crippen LogP contribution in [-0.4, -0.2) is 53.0 Å². The molecule has 2 N–H and O–H groups in total. The molecule has 3 aromatic rings. The SMILES string of the molecule is C=CC(=O)Nc1cccc(Nc2ncnc3cc(OC)c(OC4CCN(C(=O)C=C)CC4)cc23)c1. The van der Waals surface area contributed by atoms with Gasteiger partial charge < -0.3 is 25.0 Å². The fourth-order valence-corrected chi connectivity index (χ4v) is 3.92. The first kappa shape index (κ1) is 23.7. The molecule has 0 saturated carbocycles. The van der Waals surface area contributed by atoms with E-state index in [1.807, 2.05) is 24.3 Å². The Morgan fingerprint density at radius 3 is 2.54 bits per heavy atom. The average molecular weight is 474 g/mol. The van der Waals surface area contributed by atoms with Crippen LogP contribution in [0.3, 0.4) is 0 Å². The fraction of sp³-hybridized carbons (Fsp3) is 0.231. The Hall–Kier alpha value is -4.40. The van der Waals surface area contributed by atoms with Gasteiger partial charge in [-0.1, -0.05) is 19.2 Å². The van der Waals surface area contributed by atoms with E-state index in [1.165, 1.54) is 18.5 Å². The quantitative estimate of drug-likeness (QED) is 0.475. The number of likely N-dealkylation sites (tertiary alicyclic amines) is 1. The van der Waals surface area contributed by atoms with E-state index in [1.54, 1.807) is 24.1 Å². The lowest BCUT2D eigenvalue weighted by Gasteiger charge is -2.31. The molecule has 1 aliphatic rings. The molecule has 0 spiro atoms. The number of fused-ring (bicyclic) bond motifs is 1. The number of aromatic nitrogens is 2. The molecule has 0 atom stereocenters. The van der Waals surface area contributed by atoms with Crippen LogP contribution in [0.1, 0.15) is 12.8 Å². The lowest BCUT2D eigenvalue weighted by Crippen LogP contribution is -2.41. The summed E-state index contributed by atoms with van der Waals surface area (Å²) in [5.74, 6) is 1.39. The molecule has 2 heterocycles. The maximum Gasteiger partial charge on any atom is 0.247 e. The lowest BCUT2D eigenvalue weighted by molar-refractivity contribution is -0.127. The number of methoxy groups -OCH3 is 1. The highest BCUT2D eigenvalue weighted by atomic mass is 16.5. The minimum atomic E-state index is -0.289. The maximum absolute atomic E-state index is 11.9. The highest BCUT2D eigenvalue weighted by molar-refractivity contribution is 5.99. The molecule has 0 aliphatic carbocycles. The van der Waals surface area contributed by atoms with E-state index in [9.17, 15) is 9.59 Å². The topological polar surface area (TPSA) is 106 Å². The van der Waals surface area contributed by atoms with Gasteiger partial charge in [0.15, 0.2) is 11.5 Å². The number of carbonyl (C=O) groups is 2. The zero-order valence-corrected chi connectivity index (χ0v) is 19.5. The van der Waals surface area contributed by atoms with Crippen LogP contribution < -0.4 is 20.1 Å². The number of anilines is 3. The summed E-state index contributed by atoms with van der Waals surface area (Å²) in [6.07, 6.45) is 5.39. The molecular formula is C26H27N5O4. The van der Waals surface area contributed by atoms with Crippen molar-refractivity contribution in [2.45, 2.75) is 18.9 Å². The third kappa shape index (κ3) is 5.57. The van der Waals surface area contributed by atoms with Gasteiger partial charge in [-0.25, -0.2) is 9.97 Å². The van der Waals surface area contributed by atoms with Crippen molar-refractivity contribution in [1.29, 1.82) is 0 Å². The lowest BCUT2D eigenvalue weighted by atomic mass is 10.1. The van der Waals surface area contributed by atoms with Gasteiger partial charge in [0.05, 0.1) is 12.6 Å². The van der Waals surface area contributed by atoms with Crippen molar-refractivity contribution in [2.24, 2.45) is 0 Å². The number of piperidine rings is 1. The van der Waals surface area contributed by atoms with E-state index >= 15 is 0 Å². The summed E-state index contributed by atoms with van der Waals surface area (Å²) in [6.45, 7) is 8.25. The Balaban J connectivity index is 1.58. The van der Waals surface area contributed by atoms with Gasteiger partial charge in [-0.2, -0.15) is 0 Å². The molecule has 1 aliphatic heterocycles. The van der Waals surface area contributed by atoms with E-state index in [2.05, 4.69) is 33.8 Å². The first-order chi connectivity index (χ1) is 17.0. The molecule has 9 heteroatoms. The molecule has 4 rings (SSSR count). The van der Waals surface area contributed by atoms with Crippen LogP contribution in [0.25, 0.3) is 10.9 Å². The summed E-state index contributed by atoms with van der Waals surface area (Å²) < 4.78 is 11.9. The van der Waals surface area contributed by atoms with E-state index in [0.29, 0.717) is 54.5 Å². The Morgan fingerprint density at radius 2 is 1.83 bits per heavy atom. The number of rotatable bonds is 8. The van der Waals surface area contributed by atoms with Gasteiger partial charge in [-0.05, 0) is 36.4 Å². The van der Waals surface area contributed by atoms with Gasteiger partial charge in [0.1, 0.15) is 18.2 Å². The molecule has 9 nitrogen and oxygen atoms in total.